The van der Waals surface area contributed by atoms with E-state index in [1.165, 1.54) is 23.2 Å². The van der Waals surface area contributed by atoms with Crippen molar-refractivity contribution in [2.45, 2.75) is 31.0 Å². The predicted octanol–water partition coefficient (Wildman–Crippen LogP) is 4.65. The molecule has 22 heavy (non-hydrogen) atoms. The van der Waals surface area contributed by atoms with E-state index < -0.39 is 0 Å². The van der Waals surface area contributed by atoms with E-state index >= 15 is 0 Å². The molecule has 0 amide bonds. The first-order chi connectivity index (χ1) is 10.9. The largest absolute Gasteiger partial charge is 0.357 e. The number of anilines is 1. The monoisotopic (exact) mass is 291 g/mol. The van der Waals surface area contributed by atoms with Crippen molar-refractivity contribution in [2.75, 3.05) is 12.0 Å². The van der Waals surface area contributed by atoms with Gasteiger partial charge in [0, 0.05) is 30.3 Å². The maximum Gasteiger partial charge on any atom is 0.156 e. The van der Waals surface area contributed by atoms with Crippen molar-refractivity contribution in [1.29, 1.82) is 0 Å². The van der Waals surface area contributed by atoms with Gasteiger partial charge >= 0.3 is 0 Å². The fourth-order valence-corrected chi connectivity index (χ4v) is 3.95. The number of methoxy groups -OCH3 is 1. The van der Waals surface area contributed by atoms with Gasteiger partial charge in [0.15, 0.2) is 6.23 Å². The Balaban J connectivity index is 1.81. The molecule has 0 saturated heterocycles. The number of hydrogen-bond acceptors (Lipinski definition) is 2. The van der Waals surface area contributed by atoms with Crippen molar-refractivity contribution in [3.05, 3.63) is 77.9 Å². The smallest absolute Gasteiger partial charge is 0.156 e. The highest BCUT2D eigenvalue weighted by Gasteiger charge is 2.41. The number of hydrogen-bond donors (Lipinski definition) is 0. The van der Waals surface area contributed by atoms with Crippen LogP contribution < -0.4 is 4.90 Å². The molecule has 2 heteroatoms. The molecule has 3 unspecified atom stereocenters. The molecule has 0 saturated carbocycles. The average Bonchev–Trinajstić information content (AvgIpc) is 2.92. The number of benzene rings is 2. The Morgan fingerprint density at radius 1 is 1.05 bits per heavy atom. The minimum Gasteiger partial charge on any atom is -0.357 e. The van der Waals surface area contributed by atoms with Gasteiger partial charge in [-0.25, -0.2) is 0 Å². The summed E-state index contributed by atoms with van der Waals surface area (Å²) in [5, 5.41) is 0. The molecule has 0 aromatic heterocycles. The van der Waals surface area contributed by atoms with Gasteiger partial charge in [-0.2, -0.15) is 0 Å². The molecule has 2 aromatic carbocycles. The number of nitrogens with zero attached hydrogens (tertiary/aromatic N) is 1. The molecule has 4 rings (SSSR count). The normalized spacial score (nSPS) is 24.0. The molecule has 0 radical (unpaired) electrons. The molecule has 0 N–H and O–H groups in total. The number of allylic oxidation sites excluding steroid dienone is 1. The zero-order chi connectivity index (χ0) is 14.9. The Bertz CT molecular complexity index is 679. The minimum atomic E-state index is -0.0242. The molecule has 1 aliphatic carbocycles. The number of ether oxygens (including phenoxy) is 1. The molecule has 0 spiro atoms. The third kappa shape index (κ3) is 2.06. The summed E-state index contributed by atoms with van der Waals surface area (Å²) >= 11 is 0. The van der Waals surface area contributed by atoms with Gasteiger partial charge in [0.05, 0.1) is 0 Å². The van der Waals surface area contributed by atoms with E-state index in [9.17, 15) is 0 Å². The summed E-state index contributed by atoms with van der Waals surface area (Å²) in [6, 6.07) is 19.8. The molecule has 2 aliphatic rings. The van der Waals surface area contributed by atoms with Crippen molar-refractivity contribution in [2.24, 2.45) is 0 Å². The Kier molecular flexibility index (Phi) is 3.47. The fourth-order valence-electron chi connectivity index (χ4n) is 3.95. The molecule has 3 atom stereocenters. The van der Waals surface area contributed by atoms with Gasteiger partial charge in [0.1, 0.15) is 0 Å². The van der Waals surface area contributed by atoms with Crippen LogP contribution in [-0.4, -0.2) is 13.2 Å². The lowest BCUT2D eigenvalue weighted by Crippen LogP contribution is -2.38. The zero-order valence-electron chi connectivity index (χ0n) is 12.9. The van der Waals surface area contributed by atoms with Gasteiger partial charge in [0.25, 0.3) is 0 Å². The molecule has 2 aromatic rings. The molecule has 1 heterocycles. The number of para-hydroxylation sites is 1. The summed E-state index contributed by atoms with van der Waals surface area (Å²) in [6.45, 7) is 0. The maximum absolute atomic E-state index is 5.93. The third-order valence-corrected chi connectivity index (χ3v) is 4.88. The summed E-state index contributed by atoms with van der Waals surface area (Å²) < 4.78 is 5.93. The van der Waals surface area contributed by atoms with Crippen molar-refractivity contribution >= 4 is 5.69 Å². The second-order valence-electron chi connectivity index (χ2n) is 6.06. The quantitative estimate of drug-likeness (QED) is 0.763. The van der Waals surface area contributed by atoms with Crippen molar-refractivity contribution in [3.8, 4) is 0 Å². The Morgan fingerprint density at radius 3 is 2.64 bits per heavy atom. The first-order valence-electron chi connectivity index (χ1n) is 8.02. The van der Waals surface area contributed by atoms with Gasteiger partial charge in [-0.1, -0.05) is 60.7 Å². The molecule has 1 aliphatic heterocycles. The molecule has 0 bridgehead atoms. The van der Waals surface area contributed by atoms with Crippen molar-refractivity contribution in [1.82, 2.24) is 0 Å². The van der Waals surface area contributed by atoms with Crippen LogP contribution in [0.2, 0.25) is 0 Å². The van der Waals surface area contributed by atoms with Crippen LogP contribution >= 0.6 is 0 Å². The van der Waals surface area contributed by atoms with Crippen LogP contribution in [0.1, 0.15) is 36.1 Å². The molecule has 0 fully saturated rings. The van der Waals surface area contributed by atoms with Crippen LogP contribution in [0, 0.1) is 0 Å². The fraction of sp³-hybridized carbons (Fsp3) is 0.300. The van der Waals surface area contributed by atoms with E-state index in [-0.39, 0.29) is 6.23 Å². The van der Waals surface area contributed by atoms with Crippen LogP contribution in [0.15, 0.2) is 66.7 Å². The van der Waals surface area contributed by atoms with Crippen LogP contribution in [0.25, 0.3) is 0 Å². The summed E-state index contributed by atoms with van der Waals surface area (Å²) in [7, 11) is 1.81. The van der Waals surface area contributed by atoms with Crippen molar-refractivity contribution < 1.29 is 4.74 Å². The Morgan fingerprint density at radius 2 is 1.82 bits per heavy atom. The summed E-state index contributed by atoms with van der Waals surface area (Å²) in [6.07, 6.45) is 7.01. The standard InChI is InChI=1S/C20H21NO/c1-22-20(15-9-3-2-4-10-15)21-18-13-7-5-11-16(18)17-12-6-8-14-19(17)21/h2-7,9-13,17,19-20H,8,14H2,1H3. The molecule has 112 valence electrons. The molecular formula is C20H21NO. The van der Waals surface area contributed by atoms with E-state index in [4.69, 9.17) is 4.74 Å². The van der Waals surface area contributed by atoms with Crippen LogP contribution in [0.5, 0.6) is 0 Å². The molecular weight excluding hydrogens is 270 g/mol. The minimum absolute atomic E-state index is 0.0242. The van der Waals surface area contributed by atoms with E-state index in [1.54, 1.807) is 0 Å². The van der Waals surface area contributed by atoms with Crippen molar-refractivity contribution in [3.63, 3.8) is 0 Å². The molecule has 2 nitrogen and oxygen atoms in total. The number of rotatable bonds is 3. The first kappa shape index (κ1) is 13.6. The van der Waals surface area contributed by atoms with Crippen LogP contribution in [-0.2, 0) is 4.74 Å². The van der Waals surface area contributed by atoms with Crippen LogP contribution in [0.4, 0.5) is 5.69 Å². The van der Waals surface area contributed by atoms with Crippen LogP contribution in [0.3, 0.4) is 0 Å². The van der Waals surface area contributed by atoms with Gasteiger partial charge in [0.2, 0.25) is 0 Å². The lowest BCUT2D eigenvalue weighted by Gasteiger charge is -2.37. The van der Waals surface area contributed by atoms with E-state index in [0.717, 1.165) is 6.42 Å². The lowest BCUT2D eigenvalue weighted by molar-refractivity contribution is 0.0915. The topological polar surface area (TPSA) is 12.5 Å². The average molecular weight is 291 g/mol. The Hall–Kier alpha value is -2.06. The van der Waals surface area contributed by atoms with Gasteiger partial charge in [-0.3, -0.25) is 0 Å². The lowest BCUT2D eigenvalue weighted by atomic mass is 9.87. The first-order valence-corrected chi connectivity index (χ1v) is 8.02. The number of fused-ring (bicyclic) bond motifs is 3. The van der Waals surface area contributed by atoms with Gasteiger partial charge in [-0.15, -0.1) is 0 Å². The zero-order valence-corrected chi connectivity index (χ0v) is 12.9. The van der Waals surface area contributed by atoms with Gasteiger partial charge < -0.3 is 9.64 Å². The third-order valence-electron chi connectivity index (χ3n) is 4.88. The highest BCUT2D eigenvalue weighted by molar-refractivity contribution is 5.64. The summed E-state index contributed by atoms with van der Waals surface area (Å²) in [5.41, 5.74) is 3.97. The SMILES string of the molecule is COC(c1ccccc1)N1c2ccccc2C2C=CCCC21. The summed E-state index contributed by atoms with van der Waals surface area (Å²) in [4.78, 5) is 2.48. The van der Waals surface area contributed by atoms with Gasteiger partial charge in [-0.05, 0) is 24.5 Å². The highest BCUT2D eigenvalue weighted by atomic mass is 16.5. The Labute approximate surface area is 132 Å². The second kappa shape index (κ2) is 5.62. The van der Waals surface area contributed by atoms with E-state index in [2.05, 4.69) is 71.6 Å². The maximum atomic E-state index is 5.93. The second-order valence-corrected chi connectivity index (χ2v) is 6.06. The predicted molar refractivity (Wildman–Crippen MR) is 90.0 cm³/mol. The van der Waals surface area contributed by atoms with E-state index in [1.807, 2.05) is 7.11 Å². The summed E-state index contributed by atoms with van der Waals surface area (Å²) in [5.74, 6) is 0.492. The van der Waals surface area contributed by atoms with E-state index in [0.29, 0.717) is 12.0 Å². The highest BCUT2D eigenvalue weighted by Crippen LogP contribution is 2.48.